The Balaban J connectivity index is 1.80. The van der Waals surface area contributed by atoms with Crippen molar-refractivity contribution in [2.45, 2.75) is 13.5 Å². The molecule has 5 nitrogen and oxygen atoms in total. The van der Waals surface area contributed by atoms with Gasteiger partial charge in [0.2, 0.25) is 5.95 Å². The van der Waals surface area contributed by atoms with Crippen molar-refractivity contribution in [3.05, 3.63) is 92.7 Å². The minimum Gasteiger partial charge on any atom is -0.497 e. The van der Waals surface area contributed by atoms with Crippen LogP contribution in [-0.2, 0) is 6.54 Å². The highest BCUT2D eigenvalue weighted by molar-refractivity contribution is 9.10. The number of methoxy groups -OCH3 is 1. The van der Waals surface area contributed by atoms with Gasteiger partial charge in [0.1, 0.15) is 5.75 Å². The van der Waals surface area contributed by atoms with E-state index >= 15 is 0 Å². The summed E-state index contributed by atoms with van der Waals surface area (Å²) >= 11 is 3.45. The number of hydrogen-bond acceptors (Lipinski definition) is 4. The van der Waals surface area contributed by atoms with Crippen LogP contribution >= 0.6 is 15.9 Å². The smallest absolute Gasteiger partial charge is 0.267 e. The number of halogens is 1. The Kier molecular flexibility index (Phi) is 5.36. The third-order valence-electron chi connectivity index (χ3n) is 4.72. The van der Waals surface area contributed by atoms with Crippen molar-refractivity contribution < 1.29 is 4.74 Å². The van der Waals surface area contributed by atoms with Gasteiger partial charge in [-0.2, -0.15) is 0 Å². The first-order valence-corrected chi connectivity index (χ1v) is 10.0. The van der Waals surface area contributed by atoms with Crippen molar-refractivity contribution >= 4 is 32.8 Å². The molecule has 0 aliphatic rings. The number of aryl methyl sites for hydroxylation is 1. The Labute approximate surface area is 177 Å². The first-order valence-electron chi connectivity index (χ1n) is 9.21. The summed E-state index contributed by atoms with van der Waals surface area (Å²) in [6.07, 6.45) is 0. The van der Waals surface area contributed by atoms with E-state index in [0.29, 0.717) is 23.4 Å². The average molecular weight is 450 g/mol. The summed E-state index contributed by atoms with van der Waals surface area (Å²) < 4.78 is 7.78. The van der Waals surface area contributed by atoms with Crippen molar-refractivity contribution in [2.75, 3.05) is 12.4 Å². The van der Waals surface area contributed by atoms with Crippen LogP contribution in [0.15, 0.2) is 76.0 Å². The molecule has 1 aromatic heterocycles. The molecule has 0 unspecified atom stereocenters. The summed E-state index contributed by atoms with van der Waals surface area (Å²) in [5, 5.41) is 3.93. The van der Waals surface area contributed by atoms with Crippen molar-refractivity contribution in [3.8, 4) is 11.4 Å². The van der Waals surface area contributed by atoms with Gasteiger partial charge in [0.25, 0.3) is 5.56 Å². The molecule has 0 aliphatic carbocycles. The largest absolute Gasteiger partial charge is 0.497 e. The number of benzene rings is 3. The standard InChI is InChI=1S/C23H20BrN3O2/c1-15-3-12-21-20(13-15)22(28)27(18-8-6-17(24)7-9-18)23(26-21)25-14-16-4-10-19(29-2)11-5-16/h3-13H,14H2,1-2H3,(H,25,26). The number of anilines is 1. The summed E-state index contributed by atoms with van der Waals surface area (Å²) in [5.74, 6) is 1.31. The Morgan fingerprint density at radius 1 is 1.03 bits per heavy atom. The zero-order valence-electron chi connectivity index (χ0n) is 16.1. The number of rotatable bonds is 5. The Hall–Kier alpha value is -3.12. The SMILES string of the molecule is COc1ccc(CNc2nc3ccc(C)cc3c(=O)n2-c2ccc(Br)cc2)cc1. The summed E-state index contributed by atoms with van der Waals surface area (Å²) in [6, 6.07) is 21.1. The highest BCUT2D eigenvalue weighted by Gasteiger charge is 2.13. The lowest BCUT2D eigenvalue weighted by Gasteiger charge is -2.15. The minimum absolute atomic E-state index is 0.0988. The fourth-order valence-electron chi connectivity index (χ4n) is 3.17. The predicted molar refractivity (Wildman–Crippen MR) is 120 cm³/mol. The molecule has 0 fully saturated rings. The lowest BCUT2D eigenvalue weighted by atomic mass is 10.1. The molecule has 146 valence electrons. The molecule has 0 saturated carbocycles. The van der Waals surface area contributed by atoms with E-state index in [1.807, 2.05) is 73.7 Å². The molecule has 0 spiro atoms. The lowest BCUT2D eigenvalue weighted by molar-refractivity contribution is 0.414. The van der Waals surface area contributed by atoms with Crippen LogP contribution in [0.4, 0.5) is 5.95 Å². The lowest BCUT2D eigenvalue weighted by Crippen LogP contribution is -2.23. The molecule has 0 bridgehead atoms. The molecule has 0 atom stereocenters. The molecule has 1 heterocycles. The maximum atomic E-state index is 13.3. The molecule has 0 radical (unpaired) electrons. The van der Waals surface area contributed by atoms with Gasteiger partial charge in [-0.3, -0.25) is 4.79 Å². The molecule has 0 aliphatic heterocycles. The van der Waals surface area contributed by atoms with Crippen molar-refractivity contribution in [2.24, 2.45) is 0 Å². The summed E-state index contributed by atoms with van der Waals surface area (Å²) in [5.41, 5.74) is 3.42. The van der Waals surface area contributed by atoms with Gasteiger partial charge in [-0.05, 0) is 61.0 Å². The molecular formula is C23H20BrN3O2. The molecule has 0 saturated heterocycles. The van der Waals surface area contributed by atoms with Gasteiger partial charge in [0, 0.05) is 11.0 Å². The molecule has 1 N–H and O–H groups in total. The topological polar surface area (TPSA) is 56.1 Å². The monoisotopic (exact) mass is 449 g/mol. The second-order valence-electron chi connectivity index (χ2n) is 6.77. The normalized spacial score (nSPS) is 10.9. The maximum absolute atomic E-state index is 13.3. The summed E-state index contributed by atoms with van der Waals surface area (Å²) in [4.78, 5) is 18.1. The van der Waals surface area contributed by atoms with Gasteiger partial charge in [-0.1, -0.05) is 39.7 Å². The molecule has 0 amide bonds. The van der Waals surface area contributed by atoms with Gasteiger partial charge >= 0.3 is 0 Å². The highest BCUT2D eigenvalue weighted by Crippen LogP contribution is 2.20. The van der Waals surface area contributed by atoms with Gasteiger partial charge in [0.05, 0.1) is 23.7 Å². The second kappa shape index (κ2) is 8.09. The van der Waals surface area contributed by atoms with Crippen molar-refractivity contribution in [1.82, 2.24) is 9.55 Å². The van der Waals surface area contributed by atoms with E-state index in [1.165, 1.54) is 0 Å². The van der Waals surface area contributed by atoms with E-state index in [0.717, 1.165) is 27.0 Å². The third kappa shape index (κ3) is 4.03. The number of aromatic nitrogens is 2. The number of fused-ring (bicyclic) bond motifs is 1. The zero-order valence-corrected chi connectivity index (χ0v) is 17.7. The maximum Gasteiger partial charge on any atom is 0.267 e. The number of hydrogen-bond donors (Lipinski definition) is 1. The first-order chi connectivity index (χ1) is 14.0. The van der Waals surface area contributed by atoms with Crippen LogP contribution in [0.3, 0.4) is 0 Å². The van der Waals surface area contributed by atoms with Crippen LogP contribution in [0.1, 0.15) is 11.1 Å². The number of nitrogens with zero attached hydrogens (tertiary/aromatic N) is 2. The van der Waals surface area contributed by atoms with Crippen LogP contribution in [0.25, 0.3) is 16.6 Å². The van der Waals surface area contributed by atoms with E-state index in [-0.39, 0.29) is 5.56 Å². The Bertz CT molecular complexity index is 1220. The van der Waals surface area contributed by atoms with E-state index in [1.54, 1.807) is 11.7 Å². The fraction of sp³-hybridized carbons (Fsp3) is 0.130. The minimum atomic E-state index is -0.0988. The number of nitrogens with one attached hydrogen (secondary N) is 1. The van der Waals surface area contributed by atoms with Crippen molar-refractivity contribution in [1.29, 1.82) is 0 Å². The Morgan fingerprint density at radius 3 is 2.45 bits per heavy atom. The number of ether oxygens (including phenoxy) is 1. The van der Waals surface area contributed by atoms with Gasteiger partial charge in [0.15, 0.2) is 0 Å². The van der Waals surface area contributed by atoms with Crippen LogP contribution in [0, 0.1) is 6.92 Å². The third-order valence-corrected chi connectivity index (χ3v) is 5.25. The first kappa shape index (κ1) is 19.2. The van der Waals surface area contributed by atoms with Gasteiger partial charge < -0.3 is 10.1 Å². The van der Waals surface area contributed by atoms with Crippen LogP contribution in [0.2, 0.25) is 0 Å². The molecule has 4 rings (SSSR count). The second-order valence-corrected chi connectivity index (χ2v) is 7.69. The van der Waals surface area contributed by atoms with Gasteiger partial charge in [-0.25, -0.2) is 9.55 Å². The van der Waals surface area contributed by atoms with Gasteiger partial charge in [-0.15, -0.1) is 0 Å². The van der Waals surface area contributed by atoms with Crippen LogP contribution in [-0.4, -0.2) is 16.7 Å². The summed E-state index contributed by atoms with van der Waals surface area (Å²) in [6.45, 7) is 2.50. The Morgan fingerprint density at radius 2 is 1.76 bits per heavy atom. The van der Waals surface area contributed by atoms with E-state index in [4.69, 9.17) is 9.72 Å². The molecule has 4 aromatic rings. The molecule has 3 aromatic carbocycles. The van der Waals surface area contributed by atoms with Crippen LogP contribution in [0.5, 0.6) is 5.75 Å². The van der Waals surface area contributed by atoms with Crippen molar-refractivity contribution in [3.63, 3.8) is 0 Å². The molecular weight excluding hydrogens is 430 g/mol. The summed E-state index contributed by atoms with van der Waals surface area (Å²) in [7, 11) is 1.64. The van der Waals surface area contributed by atoms with E-state index in [9.17, 15) is 4.79 Å². The fourth-order valence-corrected chi connectivity index (χ4v) is 3.44. The van der Waals surface area contributed by atoms with E-state index < -0.39 is 0 Å². The average Bonchev–Trinajstić information content (AvgIpc) is 2.74. The molecule has 29 heavy (non-hydrogen) atoms. The predicted octanol–water partition coefficient (Wildman–Crippen LogP) is 5.08. The zero-order chi connectivity index (χ0) is 20.4. The van der Waals surface area contributed by atoms with E-state index in [2.05, 4.69) is 21.2 Å². The highest BCUT2D eigenvalue weighted by atomic mass is 79.9. The molecule has 6 heteroatoms. The van der Waals surface area contributed by atoms with Crippen LogP contribution < -0.4 is 15.6 Å². The quantitative estimate of drug-likeness (QED) is 0.461.